The molecule has 172 valence electrons. The smallest absolute Gasteiger partial charge is 0.424 e. The molecule has 2 aromatic rings. The van der Waals surface area contributed by atoms with E-state index in [1.807, 2.05) is 40.7 Å². The van der Waals surface area contributed by atoms with Crippen molar-refractivity contribution in [2.45, 2.75) is 64.1 Å². The molecule has 0 aliphatic heterocycles. The van der Waals surface area contributed by atoms with E-state index in [1.165, 1.54) is 12.1 Å². The number of ether oxygens (including phenoxy) is 1. The van der Waals surface area contributed by atoms with Crippen molar-refractivity contribution in [1.82, 2.24) is 4.98 Å². The Morgan fingerprint density at radius 3 is 2.34 bits per heavy atom. The molecule has 3 atom stereocenters. The Morgan fingerprint density at radius 2 is 1.88 bits per heavy atom. The quantitative estimate of drug-likeness (QED) is 0.316. The third-order valence-corrected chi connectivity index (χ3v) is 6.02. The first-order valence-electron chi connectivity index (χ1n) is 10.3. The fourth-order valence-corrected chi connectivity index (χ4v) is 3.70. The number of carbonyl (C=O) groups excluding carboxylic acids is 1. The van der Waals surface area contributed by atoms with Crippen molar-refractivity contribution in [3.8, 4) is 16.9 Å². The highest BCUT2D eigenvalue weighted by Crippen LogP contribution is 2.39. The summed E-state index contributed by atoms with van der Waals surface area (Å²) in [4.78, 5) is 26.7. The summed E-state index contributed by atoms with van der Waals surface area (Å²) in [5.41, 5.74) is 1.11. The molecule has 0 radical (unpaired) electrons. The van der Waals surface area contributed by atoms with Crippen LogP contribution in [0.2, 0.25) is 0 Å². The minimum atomic E-state index is -2.75. The number of aliphatic hydroxyl groups excluding tert-OH is 1. The van der Waals surface area contributed by atoms with Crippen LogP contribution in [0.5, 0.6) is 5.75 Å². The molecular formula is C24H30FNO5P+. The molecule has 1 heterocycles. The lowest BCUT2D eigenvalue weighted by atomic mass is 9.88. The molecule has 0 bridgehead atoms. The van der Waals surface area contributed by atoms with Gasteiger partial charge in [-0.3, -0.25) is 9.78 Å². The van der Waals surface area contributed by atoms with Gasteiger partial charge in [0.25, 0.3) is 0 Å². The first kappa shape index (κ1) is 25.8. The van der Waals surface area contributed by atoms with Crippen LogP contribution < -0.4 is 4.74 Å². The van der Waals surface area contributed by atoms with Gasteiger partial charge in [-0.1, -0.05) is 53.3 Å². The number of nitrogens with zero attached hydrogens (tertiary/aromatic N) is 1. The van der Waals surface area contributed by atoms with Crippen LogP contribution in [-0.2, 0) is 14.8 Å². The van der Waals surface area contributed by atoms with E-state index in [4.69, 9.17) is 9.72 Å². The zero-order valence-corrected chi connectivity index (χ0v) is 19.9. The SMILES string of the molecule is C=CC(C(O)CC(=O)Oc1c(-c2ccc(F)cc2)cc(C(C)(C)C)nc1C(C)C)[P+](=O)O. The largest absolute Gasteiger partial charge is 0.515 e. The third kappa shape index (κ3) is 6.28. The van der Waals surface area contributed by atoms with Crippen LogP contribution in [0.25, 0.3) is 11.1 Å². The number of esters is 1. The second-order valence-electron chi connectivity index (χ2n) is 8.96. The average molecular weight is 462 g/mol. The van der Waals surface area contributed by atoms with E-state index in [2.05, 4.69) is 6.58 Å². The summed E-state index contributed by atoms with van der Waals surface area (Å²) in [7, 11) is -2.75. The lowest BCUT2D eigenvalue weighted by Crippen LogP contribution is -2.27. The normalized spacial score (nSPS) is 14.1. The lowest BCUT2D eigenvalue weighted by molar-refractivity contribution is -0.136. The first-order chi connectivity index (χ1) is 14.8. The van der Waals surface area contributed by atoms with E-state index < -0.39 is 38.0 Å². The van der Waals surface area contributed by atoms with Gasteiger partial charge in [0.05, 0.1) is 12.1 Å². The number of halogens is 1. The second kappa shape index (κ2) is 10.4. The van der Waals surface area contributed by atoms with Crippen molar-refractivity contribution >= 4 is 14.0 Å². The maximum Gasteiger partial charge on any atom is 0.515 e. The van der Waals surface area contributed by atoms with Crippen molar-refractivity contribution < 1.29 is 28.5 Å². The van der Waals surface area contributed by atoms with Crippen molar-refractivity contribution in [3.63, 3.8) is 0 Å². The zero-order chi connectivity index (χ0) is 24.2. The molecule has 0 aliphatic carbocycles. The van der Waals surface area contributed by atoms with E-state index in [-0.39, 0.29) is 17.1 Å². The number of hydrogen-bond acceptors (Lipinski definition) is 5. The number of benzene rings is 1. The standard InChI is InChI=1S/C24H29FNO5P/c1-7-19(32(29)30)18(27)13-21(28)31-23-17(15-8-10-16(25)11-9-15)12-20(24(4,5)6)26-22(23)14(2)3/h7-12,14,18-19,27H,1,13H2,2-6H3/p+1. The molecule has 0 fully saturated rings. The minimum Gasteiger partial charge on any atom is -0.424 e. The Bertz CT molecular complexity index is 999. The van der Waals surface area contributed by atoms with E-state index in [0.29, 0.717) is 16.8 Å². The summed E-state index contributed by atoms with van der Waals surface area (Å²) in [6, 6.07) is 7.65. The van der Waals surface area contributed by atoms with Crippen molar-refractivity contribution in [2.24, 2.45) is 0 Å². The fraction of sp³-hybridized carbons (Fsp3) is 0.417. The number of rotatable bonds is 8. The highest BCUT2D eigenvalue weighted by Gasteiger charge is 2.36. The number of pyridine rings is 1. The minimum absolute atomic E-state index is 0.0999. The van der Waals surface area contributed by atoms with Crippen molar-refractivity contribution in [3.05, 3.63) is 60.2 Å². The Morgan fingerprint density at radius 1 is 1.28 bits per heavy atom. The van der Waals surface area contributed by atoms with Gasteiger partial charge in [0.2, 0.25) is 5.66 Å². The number of aromatic nitrogens is 1. The van der Waals surface area contributed by atoms with E-state index >= 15 is 0 Å². The van der Waals surface area contributed by atoms with Gasteiger partial charge in [-0.2, -0.15) is 4.89 Å². The van der Waals surface area contributed by atoms with Gasteiger partial charge < -0.3 is 9.84 Å². The van der Waals surface area contributed by atoms with Crippen LogP contribution in [0.15, 0.2) is 43.0 Å². The van der Waals surface area contributed by atoms with Gasteiger partial charge in [0.1, 0.15) is 11.9 Å². The highest BCUT2D eigenvalue weighted by atomic mass is 31.1. The van der Waals surface area contributed by atoms with E-state index in [0.717, 1.165) is 11.8 Å². The molecule has 1 aromatic carbocycles. The summed E-state index contributed by atoms with van der Waals surface area (Å²) >= 11 is 0. The Hall–Kier alpha value is -2.47. The van der Waals surface area contributed by atoms with Crippen LogP contribution >= 0.6 is 8.03 Å². The van der Waals surface area contributed by atoms with Crippen LogP contribution in [0.1, 0.15) is 58.3 Å². The molecule has 0 aliphatic rings. The summed E-state index contributed by atoms with van der Waals surface area (Å²) in [5.74, 6) is -1.05. The Labute approximate surface area is 189 Å². The maximum atomic E-state index is 13.5. The van der Waals surface area contributed by atoms with Gasteiger partial charge in [-0.05, 0) is 40.3 Å². The van der Waals surface area contributed by atoms with Crippen LogP contribution in [0.3, 0.4) is 0 Å². The topological polar surface area (TPSA) is 96.7 Å². The summed E-state index contributed by atoms with van der Waals surface area (Å²) in [6.45, 7) is 13.3. The van der Waals surface area contributed by atoms with Crippen molar-refractivity contribution in [2.75, 3.05) is 0 Å². The van der Waals surface area contributed by atoms with E-state index in [9.17, 15) is 23.7 Å². The van der Waals surface area contributed by atoms with Crippen LogP contribution in [0, 0.1) is 5.82 Å². The Kier molecular flexibility index (Phi) is 8.41. The van der Waals surface area contributed by atoms with E-state index in [1.54, 1.807) is 12.1 Å². The molecule has 2 N–H and O–H groups in total. The summed E-state index contributed by atoms with van der Waals surface area (Å²) in [5, 5.41) is 10.2. The molecule has 32 heavy (non-hydrogen) atoms. The number of hydrogen-bond donors (Lipinski definition) is 2. The molecule has 3 unspecified atom stereocenters. The lowest BCUT2D eigenvalue weighted by Gasteiger charge is -2.24. The molecule has 0 saturated heterocycles. The fourth-order valence-electron chi connectivity index (χ4n) is 3.12. The second-order valence-corrected chi connectivity index (χ2v) is 10.2. The first-order valence-corrected chi connectivity index (χ1v) is 11.6. The highest BCUT2D eigenvalue weighted by molar-refractivity contribution is 7.39. The average Bonchev–Trinajstić information content (AvgIpc) is 2.67. The predicted molar refractivity (Wildman–Crippen MR) is 122 cm³/mol. The van der Waals surface area contributed by atoms with Crippen molar-refractivity contribution in [1.29, 1.82) is 0 Å². The molecule has 2 rings (SSSR count). The van der Waals surface area contributed by atoms with Gasteiger partial charge in [0.15, 0.2) is 5.75 Å². The van der Waals surface area contributed by atoms with Gasteiger partial charge >= 0.3 is 14.0 Å². The molecule has 0 spiro atoms. The van der Waals surface area contributed by atoms with Crippen LogP contribution in [0.4, 0.5) is 4.39 Å². The molecule has 6 nitrogen and oxygen atoms in total. The molecule has 1 aromatic heterocycles. The number of aliphatic hydroxyl groups is 1. The van der Waals surface area contributed by atoms with Gasteiger partial charge in [-0.25, -0.2) is 4.39 Å². The third-order valence-electron chi connectivity index (χ3n) is 4.95. The molecular weight excluding hydrogens is 432 g/mol. The molecule has 0 amide bonds. The molecule has 0 saturated carbocycles. The van der Waals surface area contributed by atoms with Crippen LogP contribution in [-0.4, -0.2) is 32.7 Å². The predicted octanol–water partition coefficient (Wildman–Crippen LogP) is 5.25. The zero-order valence-electron chi connectivity index (χ0n) is 19.0. The maximum absolute atomic E-state index is 13.5. The summed E-state index contributed by atoms with van der Waals surface area (Å²) < 4.78 is 30.6. The van der Waals surface area contributed by atoms with Gasteiger partial charge in [0, 0.05) is 16.7 Å². The summed E-state index contributed by atoms with van der Waals surface area (Å²) in [6.07, 6.45) is -0.785. The Balaban J connectivity index is 2.56. The van der Waals surface area contributed by atoms with Gasteiger partial charge in [-0.15, -0.1) is 0 Å². The number of carbonyl (C=O) groups is 1. The molecule has 8 heteroatoms. The monoisotopic (exact) mass is 462 g/mol.